The number of hydrogen-bond donors (Lipinski definition) is 2. The van der Waals surface area contributed by atoms with Crippen LogP contribution >= 0.6 is 0 Å². The van der Waals surface area contributed by atoms with Crippen LogP contribution in [-0.2, 0) is 14.8 Å². The number of para-hydroxylation sites is 1. The van der Waals surface area contributed by atoms with E-state index in [0.717, 1.165) is 18.7 Å². The number of carbonyl (C=O) groups excluding carboxylic acids is 1. The van der Waals surface area contributed by atoms with Crippen molar-refractivity contribution < 1.29 is 17.9 Å². The molecule has 1 aliphatic heterocycles. The first-order valence-corrected chi connectivity index (χ1v) is 11.6. The minimum atomic E-state index is -3.61. The molecule has 0 radical (unpaired) electrons. The highest BCUT2D eigenvalue weighted by Crippen LogP contribution is 2.21. The fourth-order valence-electron chi connectivity index (χ4n) is 3.44. The Balaban J connectivity index is 1.50. The Morgan fingerprint density at radius 3 is 2.27 bits per heavy atom. The molecule has 30 heavy (non-hydrogen) atoms. The zero-order chi connectivity index (χ0) is 21.6. The monoisotopic (exact) mass is 431 g/mol. The molecule has 2 aromatic rings. The van der Waals surface area contributed by atoms with E-state index in [1.165, 1.54) is 16.4 Å². The molecule has 7 nitrogen and oxygen atoms in total. The van der Waals surface area contributed by atoms with Crippen molar-refractivity contribution in [2.45, 2.75) is 37.4 Å². The van der Waals surface area contributed by atoms with Crippen LogP contribution in [0.5, 0.6) is 0 Å². The third-order valence-electron chi connectivity index (χ3n) is 4.88. The predicted molar refractivity (Wildman–Crippen MR) is 117 cm³/mol. The Labute approximate surface area is 178 Å². The van der Waals surface area contributed by atoms with Crippen molar-refractivity contribution in [2.75, 3.05) is 31.5 Å². The van der Waals surface area contributed by atoms with E-state index < -0.39 is 10.0 Å². The van der Waals surface area contributed by atoms with Crippen molar-refractivity contribution >= 4 is 21.6 Å². The SMILES string of the molecule is CC1CN(S(=O)(=O)c2ccc(C(=O)NCCCNc3ccccc3)cc2)CC(C)O1. The lowest BCUT2D eigenvalue weighted by atomic mass is 10.2. The van der Waals surface area contributed by atoms with Gasteiger partial charge in [0.15, 0.2) is 0 Å². The molecule has 2 aromatic carbocycles. The number of amides is 1. The third-order valence-corrected chi connectivity index (χ3v) is 6.73. The molecule has 1 heterocycles. The highest BCUT2D eigenvalue weighted by Gasteiger charge is 2.32. The van der Waals surface area contributed by atoms with Crippen LogP contribution in [0.3, 0.4) is 0 Å². The molecule has 162 valence electrons. The van der Waals surface area contributed by atoms with Gasteiger partial charge in [0.25, 0.3) is 5.91 Å². The quantitative estimate of drug-likeness (QED) is 0.628. The first kappa shape index (κ1) is 22.3. The van der Waals surface area contributed by atoms with E-state index in [0.29, 0.717) is 25.2 Å². The Bertz CT molecular complexity index is 923. The Hall–Kier alpha value is -2.42. The van der Waals surface area contributed by atoms with Crippen molar-refractivity contribution in [1.29, 1.82) is 0 Å². The minimum Gasteiger partial charge on any atom is -0.385 e. The number of anilines is 1. The summed E-state index contributed by atoms with van der Waals surface area (Å²) in [4.78, 5) is 12.5. The van der Waals surface area contributed by atoms with E-state index in [1.807, 2.05) is 44.2 Å². The molecule has 3 rings (SSSR count). The van der Waals surface area contributed by atoms with Crippen LogP contribution in [0.1, 0.15) is 30.6 Å². The topological polar surface area (TPSA) is 87.7 Å². The van der Waals surface area contributed by atoms with Gasteiger partial charge in [0.2, 0.25) is 10.0 Å². The lowest BCUT2D eigenvalue weighted by molar-refractivity contribution is -0.0440. The average molecular weight is 432 g/mol. The second-order valence-electron chi connectivity index (χ2n) is 7.51. The standard InChI is InChI=1S/C22H29N3O4S/c1-17-15-25(16-18(2)29-17)30(27,28)21-11-9-19(10-12-21)22(26)24-14-6-13-23-20-7-4-3-5-8-20/h3-5,7-12,17-18,23H,6,13-16H2,1-2H3,(H,24,26). The van der Waals surface area contributed by atoms with E-state index in [4.69, 9.17) is 4.74 Å². The zero-order valence-corrected chi connectivity index (χ0v) is 18.2. The van der Waals surface area contributed by atoms with Gasteiger partial charge in [-0.3, -0.25) is 4.79 Å². The van der Waals surface area contributed by atoms with Crippen molar-refractivity contribution in [3.05, 3.63) is 60.2 Å². The Morgan fingerprint density at radius 2 is 1.63 bits per heavy atom. The lowest BCUT2D eigenvalue weighted by Gasteiger charge is -2.34. The van der Waals surface area contributed by atoms with Crippen LogP contribution in [0.4, 0.5) is 5.69 Å². The molecule has 1 saturated heterocycles. The summed E-state index contributed by atoms with van der Waals surface area (Å²) in [6.07, 6.45) is 0.482. The molecule has 2 N–H and O–H groups in total. The number of sulfonamides is 1. The van der Waals surface area contributed by atoms with Gasteiger partial charge in [-0.05, 0) is 56.7 Å². The zero-order valence-electron chi connectivity index (χ0n) is 17.4. The Morgan fingerprint density at radius 1 is 1.00 bits per heavy atom. The molecule has 2 unspecified atom stereocenters. The molecule has 0 saturated carbocycles. The maximum atomic E-state index is 12.9. The number of morpholine rings is 1. The van der Waals surface area contributed by atoms with E-state index in [2.05, 4.69) is 10.6 Å². The van der Waals surface area contributed by atoms with Gasteiger partial charge < -0.3 is 15.4 Å². The van der Waals surface area contributed by atoms with Crippen molar-refractivity contribution in [1.82, 2.24) is 9.62 Å². The summed E-state index contributed by atoms with van der Waals surface area (Å²) in [5.41, 5.74) is 1.48. The van der Waals surface area contributed by atoms with Crippen molar-refractivity contribution in [3.8, 4) is 0 Å². The number of rotatable bonds is 8. The van der Waals surface area contributed by atoms with Crippen LogP contribution < -0.4 is 10.6 Å². The van der Waals surface area contributed by atoms with Crippen LogP contribution in [0.15, 0.2) is 59.5 Å². The van der Waals surface area contributed by atoms with Gasteiger partial charge in [-0.15, -0.1) is 0 Å². The molecule has 0 spiro atoms. The van der Waals surface area contributed by atoms with Crippen LogP contribution in [0, 0.1) is 0 Å². The molecule has 2 atom stereocenters. The first-order valence-electron chi connectivity index (χ1n) is 10.2. The maximum Gasteiger partial charge on any atom is 0.251 e. The minimum absolute atomic E-state index is 0.148. The van der Waals surface area contributed by atoms with Gasteiger partial charge in [-0.1, -0.05) is 18.2 Å². The molecular weight excluding hydrogens is 402 g/mol. The number of carbonyl (C=O) groups is 1. The summed E-state index contributed by atoms with van der Waals surface area (Å²) in [6.45, 7) is 5.65. The molecule has 1 amide bonds. The first-order chi connectivity index (χ1) is 14.4. The van der Waals surface area contributed by atoms with Gasteiger partial charge >= 0.3 is 0 Å². The molecule has 0 bridgehead atoms. The molecule has 1 fully saturated rings. The summed E-state index contributed by atoms with van der Waals surface area (Å²) in [6, 6.07) is 16.0. The highest BCUT2D eigenvalue weighted by molar-refractivity contribution is 7.89. The van der Waals surface area contributed by atoms with Crippen LogP contribution in [0.2, 0.25) is 0 Å². The van der Waals surface area contributed by atoms with E-state index in [9.17, 15) is 13.2 Å². The number of nitrogens with one attached hydrogen (secondary N) is 2. The number of benzene rings is 2. The van der Waals surface area contributed by atoms with Crippen molar-refractivity contribution in [2.24, 2.45) is 0 Å². The van der Waals surface area contributed by atoms with E-state index >= 15 is 0 Å². The molecule has 0 aromatic heterocycles. The van der Waals surface area contributed by atoms with Crippen molar-refractivity contribution in [3.63, 3.8) is 0 Å². The number of ether oxygens (including phenoxy) is 1. The average Bonchev–Trinajstić information content (AvgIpc) is 2.73. The number of nitrogens with zero attached hydrogens (tertiary/aromatic N) is 1. The van der Waals surface area contributed by atoms with Gasteiger partial charge in [0, 0.05) is 37.4 Å². The second kappa shape index (κ2) is 10.1. The third kappa shape index (κ3) is 5.81. The van der Waals surface area contributed by atoms with Gasteiger partial charge in [-0.2, -0.15) is 4.31 Å². The predicted octanol–water partition coefficient (Wildman–Crippen LogP) is 2.72. The smallest absolute Gasteiger partial charge is 0.251 e. The summed E-state index contributed by atoms with van der Waals surface area (Å²) >= 11 is 0. The van der Waals surface area contributed by atoms with Crippen LogP contribution in [0.25, 0.3) is 0 Å². The second-order valence-corrected chi connectivity index (χ2v) is 9.44. The van der Waals surface area contributed by atoms with Crippen LogP contribution in [-0.4, -0.2) is 57.0 Å². The van der Waals surface area contributed by atoms with Gasteiger partial charge in [0.1, 0.15) is 0 Å². The Kier molecular flexibility index (Phi) is 7.47. The van der Waals surface area contributed by atoms with E-state index in [1.54, 1.807) is 12.1 Å². The summed E-state index contributed by atoms with van der Waals surface area (Å²) < 4.78 is 32.8. The van der Waals surface area contributed by atoms with E-state index in [-0.39, 0.29) is 23.0 Å². The molecule has 1 aliphatic rings. The summed E-state index contributed by atoms with van der Waals surface area (Å²) in [5.74, 6) is -0.215. The maximum absolute atomic E-state index is 12.9. The van der Waals surface area contributed by atoms with Gasteiger partial charge in [-0.25, -0.2) is 8.42 Å². The normalized spacial score (nSPS) is 19.9. The highest BCUT2D eigenvalue weighted by atomic mass is 32.2. The fraction of sp³-hybridized carbons (Fsp3) is 0.409. The lowest BCUT2D eigenvalue weighted by Crippen LogP contribution is -2.48. The summed E-state index contributed by atoms with van der Waals surface area (Å²) in [7, 11) is -3.61. The molecule has 0 aliphatic carbocycles. The fourth-order valence-corrected chi connectivity index (χ4v) is 5.03. The van der Waals surface area contributed by atoms with Gasteiger partial charge in [0.05, 0.1) is 17.1 Å². The summed E-state index contributed by atoms with van der Waals surface area (Å²) in [5, 5.41) is 6.15. The molecule has 8 heteroatoms. The largest absolute Gasteiger partial charge is 0.385 e. The molecular formula is C22H29N3O4S. The number of hydrogen-bond acceptors (Lipinski definition) is 5.